The molecule has 2 aromatic carbocycles. The standard InChI is InChI=1S/C25H31N5O3S.ClH/c1-2-33-25(32)27-21-11-5-3-9-19(21)24(31)26-13-7-8-14-29-15-17-30(18-16-29)23-20-10-4-6-12-22(20)34-28-23;/h3-6,9-12H,2,7-8,13-18H2,1H3,(H,26,31)(H,27,32);1H. The van der Waals surface area contributed by atoms with Crippen molar-refractivity contribution in [3.8, 4) is 0 Å². The van der Waals surface area contributed by atoms with Gasteiger partial charge in [0.1, 0.15) is 5.82 Å². The number of hydrogen-bond acceptors (Lipinski definition) is 7. The van der Waals surface area contributed by atoms with E-state index in [1.54, 1.807) is 42.7 Å². The number of carbonyl (C=O) groups excluding carboxylic acids is 2. The van der Waals surface area contributed by atoms with E-state index in [0.717, 1.165) is 51.4 Å². The molecule has 0 spiro atoms. The Morgan fingerprint density at radius 1 is 1.03 bits per heavy atom. The van der Waals surface area contributed by atoms with Crippen LogP contribution >= 0.6 is 23.9 Å². The van der Waals surface area contributed by atoms with Gasteiger partial charge < -0.3 is 15.0 Å². The van der Waals surface area contributed by atoms with Crippen LogP contribution in [0.1, 0.15) is 30.1 Å². The smallest absolute Gasteiger partial charge is 0.411 e. The van der Waals surface area contributed by atoms with Crippen molar-refractivity contribution in [1.82, 2.24) is 14.6 Å². The minimum absolute atomic E-state index is 0. The van der Waals surface area contributed by atoms with Gasteiger partial charge in [-0.1, -0.05) is 24.3 Å². The average molecular weight is 518 g/mol. The molecule has 1 saturated heterocycles. The second-order valence-corrected chi connectivity index (χ2v) is 8.99. The molecule has 35 heavy (non-hydrogen) atoms. The Bertz CT molecular complexity index is 1120. The van der Waals surface area contributed by atoms with E-state index in [4.69, 9.17) is 4.74 Å². The third-order valence-electron chi connectivity index (χ3n) is 5.90. The molecule has 2 amide bonds. The summed E-state index contributed by atoms with van der Waals surface area (Å²) in [4.78, 5) is 29.2. The summed E-state index contributed by atoms with van der Waals surface area (Å²) < 4.78 is 10.8. The first kappa shape index (κ1) is 26.7. The summed E-state index contributed by atoms with van der Waals surface area (Å²) in [5.74, 6) is 0.914. The van der Waals surface area contributed by atoms with E-state index >= 15 is 0 Å². The topological polar surface area (TPSA) is 86.8 Å². The lowest BCUT2D eigenvalue weighted by atomic mass is 10.1. The van der Waals surface area contributed by atoms with Gasteiger partial charge in [0.2, 0.25) is 0 Å². The molecule has 3 aromatic rings. The molecular formula is C25H32ClN5O3S. The lowest BCUT2D eigenvalue weighted by Crippen LogP contribution is -2.46. The second kappa shape index (κ2) is 13.3. The minimum Gasteiger partial charge on any atom is -0.450 e. The molecule has 188 valence electrons. The maximum Gasteiger partial charge on any atom is 0.411 e. The molecule has 2 heterocycles. The fourth-order valence-electron chi connectivity index (χ4n) is 4.11. The van der Waals surface area contributed by atoms with Crippen LogP contribution in [0, 0.1) is 0 Å². The van der Waals surface area contributed by atoms with Gasteiger partial charge in [0.05, 0.1) is 22.6 Å². The number of nitrogens with zero attached hydrogens (tertiary/aromatic N) is 3. The molecule has 10 heteroatoms. The number of nitrogens with one attached hydrogen (secondary N) is 2. The highest BCUT2D eigenvalue weighted by atomic mass is 35.5. The molecule has 0 bridgehead atoms. The second-order valence-electron chi connectivity index (χ2n) is 8.19. The predicted octanol–water partition coefficient (Wildman–Crippen LogP) is 4.62. The predicted molar refractivity (Wildman–Crippen MR) is 144 cm³/mol. The van der Waals surface area contributed by atoms with Crippen molar-refractivity contribution in [1.29, 1.82) is 0 Å². The number of piperazine rings is 1. The number of aromatic nitrogens is 1. The van der Waals surface area contributed by atoms with Gasteiger partial charge in [0.25, 0.3) is 5.91 Å². The number of hydrogen-bond donors (Lipinski definition) is 2. The van der Waals surface area contributed by atoms with E-state index in [0.29, 0.717) is 17.8 Å². The number of ether oxygens (including phenoxy) is 1. The first-order valence-electron chi connectivity index (χ1n) is 11.8. The van der Waals surface area contributed by atoms with Gasteiger partial charge in [-0.2, -0.15) is 4.37 Å². The maximum atomic E-state index is 12.6. The molecule has 0 aliphatic carbocycles. The highest BCUT2D eigenvalue weighted by molar-refractivity contribution is 7.13. The Kier molecular flexibility index (Phi) is 10.1. The van der Waals surface area contributed by atoms with Crippen molar-refractivity contribution >= 4 is 57.5 Å². The van der Waals surface area contributed by atoms with Crippen molar-refractivity contribution in [3.63, 3.8) is 0 Å². The number of rotatable bonds is 9. The summed E-state index contributed by atoms with van der Waals surface area (Å²) in [6.45, 7) is 7.62. The zero-order chi connectivity index (χ0) is 23.8. The Labute approximate surface area is 216 Å². The molecule has 1 aliphatic heterocycles. The third-order valence-corrected chi connectivity index (χ3v) is 6.72. The van der Waals surface area contributed by atoms with Crippen LogP contribution in [0.2, 0.25) is 0 Å². The maximum absolute atomic E-state index is 12.6. The molecule has 1 fully saturated rings. The summed E-state index contributed by atoms with van der Waals surface area (Å²) >= 11 is 1.57. The van der Waals surface area contributed by atoms with Crippen molar-refractivity contribution in [3.05, 3.63) is 54.1 Å². The summed E-state index contributed by atoms with van der Waals surface area (Å²) in [5, 5.41) is 6.83. The number of benzene rings is 2. The van der Waals surface area contributed by atoms with Crippen molar-refractivity contribution < 1.29 is 14.3 Å². The number of anilines is 2. The Morgan fingerprint density at radius 2 is 1.77 bits per heavy atom. The summed E-state index contributed by atoms with van der Waals surface area (Å²) in [6.07, 6.45) is 1.35. The van der Waals surface area contributed by atoms with Crippen LogP contribution in [0.4, 0.5) is 16.3 Å². The van der Waals surface area contributed by atoms with Gasteiger partial charge in [0.15, 0.2) is 0 Å². The van der Waals surface area contributed by atoms with Gasteiger partial charge >= 0.3 is 6.09 Å². The SMILES string of the molecule is CCOC(=O)Nc1ccccc1C(=O)NCCCCN1CCN(c2nsc3ccccc23)CC1.Cl. The molecule has 0 atom stereocenters. The molecule has 2 N–H and O–H groups in total. The molecule has 0 unspecified atom stereocenters. The Hall–Kier alpha value is -2.88. The van der Waals surface area contributed by atoms with Gasteiger partial charge in [-0.15, -0.1) is 12.4 Å². The lowest BCUT2D eigenvalue weighted by molar-refractivity contribution is 0.0953. The van der Waals surface area contributed by atoms with Gasteiger partial charge in [-0.25, -0.2) is 4.79 Å². The van der Waals surface area contributed by atoms with E-state index in [9.17, 15) is 9.59 Å². The van der Waals surface area contributed by atoms with E-state index in [2.05, 4.69) is 49.1 Å². The highest BCUT2D eigenvalue weighted by Gasteiger charge is 2.20. The first-order valence-corrected chi connectivity index (χ1v) is 12.6. The van der Waals surface area contributed by atoms with Crippen molar-refractivity contribution in [2.24, 2.45) is 0 Å². The molecule has 0 radical (unpaired) electrons. The monoisotopic (exact) mass is 517 g/mol. The molecule has 1 aromatic heterocycles. The molecule has 8 nitrogen and oxygen atoms in total. The zero-order valence-electron chi connectivity index (χ0n) is 19.9. The van der Waals surface area contributed by atoms with Crippen LogP contribution < -0.4 is 15.5 Å². The third kappa shape index (κ3) is 7.06. The summed E-state index contributed by atoms with van der Waals surface area (Å²) in [5.41, 5.74) is 0.880. The van der Waals surface area contributed by atoms with Gasteiger partial charge in [-0.3, -0.25) is 15.0 Å². The molecule has 4 rings (SSSR count). The van der Waals surface area contributed by atoms with Crippen LogP contribution in [-0.4, -0.2) is 67.1 Å². The fourth-order valence-corrected chi connectivity index (χ4v) is 4.90. The zero-order valence-corrected chi connectivity index (χ0v) is 21.5. The van der Waals surface area contributed by atoms with E-state index in [1.165, 1.54) is 10.1 Å². The molecule has 0 saturated carbocycles. The van der Waals surface area contributed by atoms with Crippen LogP contribution in [0.25, 0.3) is 10.1 Å². The summed E-state index contributed by atoms with van der Waals surface area (Å²) in [7, 11) is 0. The normalized spacial score (nSPS) is 13.8. The Balaban J connectivity index is 0.00000342. The van der Waals surface area contributed by atoms with E-state index < -0.39 is 6.09 Å². The fraction of sp³-hybridized carbons (Fsp3) is 0.400. The van der Waals surface area contributed by atoms with E-state index in [-0.39, 0.29) is 24.9 Å². The average Bonchev–Trinajstić information content (AvgIpc) is 3.29. The van der Waals surface area contributed by atoms with Crippen molar-refractivity contribution in [2.45, 2.75) is 19.8 Å². The molecular weight excluding hydrogens is 486 g/mol. The number of amides is 2. The van der Waals surface area contributed by atoms with Gasteiger partial charge in [-0.05, 0) is 62.1 Å². The van der Waals surface area contributed by atoms with Gasteiger partial charge in [0, 0.05) is 38.1 Å². The number of unbranched alkanes of at least 4 members (excludes halogenated alkanes) is 1. The summed E-state index contributed by atoms with van der Waals surface area (Å²) in [6, 6.07) is 15.4. The largest absolute Gasteiger partial charge is 0.450 e. The quantitative estimate of drug-likeness (QED) is 0.403. The van der Waals surface area contributed by atoms with Crippen LogP contribution in [0.15, 0.2) is 48.5 Å². The highest BCUT2D eigenvalue weighted by Crippen LogP contribution is 2.29. The van der Waals surface area contributed by atoms with Crippen LogP contribution in [0.3, 0.4) is 0 Å². The lowest BCUT2D eigenvalue weighted by Gasteiger charge is -2.35. The Morgan fingerprint density at radius 3 is 2.57 bits per heavy atom. The van der Waals surface area contributed by atoms with Crippen LogP contribution in [0.5, 0.6) is 0 Å². The first-order chi connectivity index (χ1) is 16.7. The molecule has 1 aliphatic rings. The van der Waals surface area contributed by atoms with Crippen LogP contribution in [-0.2, 0) is 4.74 Å². The number of halogens is 1. The number of carbonyl (C=O) groups is 2. The van der Waals surface area contributed by atoms with E-state index in [1.807, 2.05) is 0 Å². The minimum atomic E-state index is -0.564. The van der Waals surface area contributed by atoms with Crippen molar-refractivity contribution in [2.75, 3.05) is 56.1 Å². The number of para-hydroxylation sites is 1. The number of fused-ring (bicyclic) bond motifs is 1.